The van der Waals surface area contributed by atoms with Crippen LogP contribution in [0.15, 0.2) is 48.5 Å². The molecule has 1 atom stereocenters. The van der Waals surface area contributed by atoms with Crippen molar-refractivity contribution < 1.29 is 4.74 Å². The summed E-state index contributed by atoms with van der Waals surface area (Å²) in [4.78, 5) is 0. The van der Waals surface area contributed by atoms with Crippen molar-refractivity contribution in [1.29, 1.82) is 0 Å². The highest BCUT2D eigenvalue weighted by atomic mass is 35.5. The molecule has 0 fully saturated rings. The van der Waals surface area contributed by atoms with Gasteiger partial charge in [-0.25, -0.2) is 0 Å². The number of hydrogen-bond acceptors (Lipinski definition) is 2. The highest BCUT2D eigenvalue weighted by Gasteiger charge is 2.06. The van der Waals surface area contributed by atoms with E-state index in [4.69, 9.17) is 22.1 Å². The van der Waals surface area contributed by atoms with Crippen molar-refractivity contribution in [3.8, 4) is 5.75 Å². The van der Waals surface area contributed by atoms with Crippen LogP contribution in [0.2, 0.25) is 5.02 Å². The van der Waals surface area contributed by atoms with Crippen LogP contribution >= 0.6 is 11.6 Å². The molecule has 0 aliphatic rings. The van der Waals surface area contributed by atoms with Gasteiger partial charge in [0.15, 0.2) is 0 Å². The van der Waals surface area contributed by atoms with Gasteiger partial charge < -0.3 is 10.5 Å². The van der Waals surface area contributed by atoms with E-state index in [0.717, 1.165) is 5.75 Å². The largest absolute Gasteiger partial charge is 0.493 e. The molecule has 1 unspecified atom stereocenters. The third-order valence-corrected chi connectivity index (χ3v) is 3.18. The third kappa shape index (κ3) is 3.17. The summed E-state index contributed by atoms with van der Waals surface area (Å²) in [6, 6.07) is 15.6. The number of hydrogen-bond donors (Lipinski definition) is 1. The molecule has 0 saturated carbocycles. The van der Waals surface area contributed by atoms with Crippen LogP contribution < -0.4 is 10.5 Å². The summed E-state index contributed by atoms with van der Waals surface area (Å²) in [6.07, 6.45) is 0. The van der Waals surface area contributed by atoms with Gasteiger partial charge in [0.05, 0.1) is 17.3 Å². The number of ether oxygens (including phenoxy) is 1. The average Bonchev–Trinajstić information content (AvgIpc) is 2.41. The van der Waals surface area contributed by atoms with Gasteiger partial charge in [0.1, 0.15) is 5.75 Å². The molecule has 0 amide bonds. The van der Waals surface area contributed by atoms with Crippen molar-refractivity contribution in [3.63, 3.8) is 0 Å². The van der Waals surface area contributed by atoms with E-state index in [0.29, 0.717) is 23.2 Å². The van der Waals surface area contributed by atoms with Crippen molar-refractivity contribution in [2.45, 2.75) is 12.8 Å². The first-order valence-electron chi connectivity index (χ1n) is 5.89. The van der Waals surface area contributed by atoms with Crippen LogP contribution in [0.5, 0.6) is 5.75 Å². The second-order valence-electron chi connectivity index (χ2n) is 4.31. The minimum atomic E-state index is 0.336. The molecular weight excluding hydrogens is 246 g/mol. The summed E-state index contributed by atoms with van der Waals surface area (Å²) in [5.74, 6) is 1.09. The molecule has 0 saturated heterocycles. The van der Waals surface area contributed by atoms with Crippen LogP contribution in [0, 0.1) is 0 Å². The van der Waals surface area contributed by atoms with E-state index in [2.05, 4.69) is 19.1 Å². The number of nitrogen functional groups attached to an aromatic ring is 1. The molecule has 94 valence electrons. The molecule has 0 aromatic heterocycles. The lowest BCUT2D eigenvalue weighted by atomic mass is 10.0. The minimum absolute atomic E-state index is 0.336. The van der Waals surface area contributed by atoms with E-state index in [1.54, 1.807) is 12.1 Å². The van der Waals surface area contributed by atoms with Crippen LogP contribution in [-0.4, -0.2) is 6.61 Å². The van der Waals surface area contributed by atoms with Gasteiger partial charge in [0, 0.05) is 12.0 Å². The maximum absolute atomic E-state index is 5.86. The Morgan fingerprint density at radius 3 is 2.56 bits per heavy atom. The lowest BCUT2D eigenvalue weighted by molar-refractivity contribution is 0.296. The first kappa shape index (κ1) is 12.8. The summed E-state index contributed by atoms with van der Waals surface area (Å²) in [5.41, 5.74) is 7.53. The van der Waals surface area contributed by atoms with Crippen molar-refractivity contribution in [3.05, 3.63) is 59.1 Å². The van der Waals surface area contributed by atoms with Crippen LogP contribution in [0.3, 0.4) is 0 Å². The molecule has 0 aliphatic heterocycles. The molecule has 18 heavy (non-hydrogen) atoms. The average molecular weight is 262 g/mol. The van der Waals surface area contributed by atoms with Gasteiger partial charge >= 0.3 is 0 Å². The van der Waals surface area contributed by atoms with Gasteiger partial charge in [0.25, 0.3) is 0 Å². The van der Waals surface area contributed by atoms with Crippen LogP contribution in [-0.2, 0) is 0 Å². The Hall–Kier alpha value is -1.67. The summed E-state index contributed by atoms with van der Waals surface area (Å²) in [6.45, 7) is 2.75. The van der Waals surface area contributed by atoms with E-state index in [-0.39, 0.29) is 0 Å². The first-order valence-corrected chi connectivity index (χ1v) is 6.27. The summed E-state index contributed by atoms with van der Waals surface area (Å²) in [7, 11) is 0. The van der Waals surface area contributed by atoms with Crippen LogP contribution in [0.1, 0.15) is 18.4 Å². The molecule has 2 N–H and O–H groups in total. The zero-order chi connectivity index (χ0) is 13.0. The second-order valence-corrected chi connectivity index (χ2v) is 4.71. The van der Waals surface area contributed by atoms with Crippen LogP contribution in [0.4, 0.5) is 5.69 Å². The van der Waals surface area contributed by atoms with Gasteiger partial charge in [-0.1, -0.05) is 48.9 Å². The topological polar surface area (TPSA) is 35.2 Å². The Bertz CT molecular complexity index is 513. The van der Waals surface area contributed by atoms with Crippen molar-refractivity contribution in [2.24, 2.45) is 0 Å². The fourth-order valence-corrected chi connectivity index (χ4v) is 1.83. The molecule has 0 radical (unpaired) electrons. The maximum Gasteiger partial charge on any atom is 0.121 e. The fraction of sp³-hybridized carbons (Fsp3) is 0.200. The van der Waals surface area contributed by atoms with E-state index in [9.17, 15) is 0 Å². The van der Waals surface area contributed by atoms with Gasteiger partial charge in [-0.3, -0.25) is 0 Å². The first-order chi connectivity index (χ1) is 8.66. The number of benzene rings is 2. The molecular formula is C15H16ClNO. The Morgan fingerprint density at radius 2 is 1.89 bits per heavy atom. The molecule has 2 rings (SSSR count). The fourth-order valence-electron chi connectivity index (χ4n) is 1.71. The summed E-state index contributed by atoms with van der Waals surface area (Å²) < 4.78 is 5.72. The summed E-state index contributed by atoms with van der Waals surface area (Å²) >= 11 is 5.86. The Balaban J connectivity index is 1.97. The van der Waals surface area contributed by atoms with Gasteiger partial charge in [-0.15, -0.1) is 0 Å². The normalized spacial score (nSPS) is 12.1. The van der Waals surface area contributed by atoms with Crippen LogP contribution in [0.25, 0.3) is 0 Å². The maximum atomic E-state index is 5.86. The zero-order valence-corrected chi connectivity index (χ0v) is 11.0. The zero-order valence-electron chi connectivity index (χ0n) is 10.3. The van der Waals surface area contributed by atoms with Crippen molar-refractivity contribution in [2.75, 3.05) is 12.3 Å². The number of anilines is 1. The minimum Gasteiger partial charge on any atom is -0.493 e. The van der Waals surface area contributed by atoms with E-state index in [1.165, 1.54) is 5.56 Å². The molecule has 2 aromatic rings. The predicted molar refractivity (Wildman–Crippen MR) is 76.2 cm³/mol. The van der Waals surface area contributed by atoms with E-state index >= 15 is 0 Å². The smallest absolute Gasteiger partial charge is 0.121 e. The predicted octanol–water partition coefficient (Wildman–Crippen LogP) is 4.10. The lowest BCUT2D eigenvalue weighted by Gasteiger charge is -2.14. The van der Waals surface area contributed by atoms with E-state index in [1.807, 2.05) is 24.3 Å². The lowest BCUT2D eigenvalue weighted by Crippen LogP contribution is -2.07. The van der Waals surface area contributed by atoms with Gasteiger partial charge in [-0.2, -0.15) is 0 Å². The highest BCUT2D eigenvalue weighted by molar-refractivity contribution is 6.33. The number of nitrogens with two attached hydrogens (primary N) is 1. The van der Waals surface area contributed by atoms with Gasteiger partial charge in [-0.05, 0) is 17.7 Å². The van der Waals surface area contributed by atoms with E-state index < -0.39 is 0 Å². The molecule has 0 spiro atoms. The SMILES string of the molecule is CC(COc1ccc(Cl)c(N)c1)c1ccccc1. The molecule has 0 bridgehead atoms. The Labute approximate surface area is 112 Å². The second kappa shape index (κ2) is 5.78. The third-order valence-electron chi connectivity index (χ3n) is 2.84. The molecule has 2 nitrogen and oxygen atoms in total. The number of rotatable bonds is 4. The molecule has 0 heterocycles. The quantitative estimate of drug-likeness (QED) is 0.841. The Kier molecular flexibility index (Phi) is 4.11. The molecule has 3 heteroatoms. The van der Waals surface area contributed by atoms with Crippen molar-refractivity contribution >= 4 is 17.3 Å². The summed E-state index contributed by atoms with van der Waals surface area (Å²) in [5, 5.41) is 0.554. The monoisotopic (exact) mass is 261 g/mol. The molecule has 2 aromatic carbocycles. The van der Waals surface area contributed by atoms with Gasteiger partial charge in [0.2, 0.25) is 0 Å². The molecule has 0 aliphatic carbocycles. The Morgan fingerprint density at radius 1 is 1.17 bits per heavy atom. The number of halogens is 1. The standard InChI is InChI=1S/C15H16ClNO/c1-11(12-5-3-2-4-6-12)10-18-13-7-8-14(16)15(17)9-13/h2-9,11H,10,17H2,1H3. The highest BCUT2D eigenvalue weighted by Crippen LogP contribution is 2.25. The van der Waals surface area contributed by atoms with Crippen molar-refractivity contribution in [1.82, 2.24) is 0 Å².